The number of ether oxygens (including phenoxy) is 1. The molecular formula is C12H21N3O2. The highest BCUT2D eigenvalue weighted by molar-refractivity contribution is 5.87. The highest BCUT2D eigenvalue weighted by Crippen LogP contribution is 2.18. The molecule has 2 fully saturated rings. The van der Waals surface area contributed by atoms with Gasteiger partial charge in [0.15, 0.2) is 0 Å². The summed E-state index contributed by atoms with van der Waals surface area (Å²) in [5, 5.41) is 0. The van der Waals surface area contributed by atoms with Crippen LogP contribution in [0.5, 0.6) is 0 Å². The van der Waals surface area contributed by atoms with E-state index in [4.69, 9.17) is 10.5 Å². The predicted molar refractivity (Wildman–Crippen MR) is 65.5 cm³/mol. The van der Waals surface area contributed by atoms with Gasteiger partial charge in [0, 0.05) is 38.3 Å². The van der Waals surface area contributed by atoms with Crippen molar-refractivity contribution in [2.45, 2.75) is 18.5 Å². The summed E-state index contributed by atoms with van der Waals surface area (Å²) in [5.74, 6) is -0.00351. The van der Waals surface area contributed by atoms with Crippen molar-refractivity contribution in [3.8, 4) is 0 Å². The zero-order valence-electron chi connectivity index (χ0n) is 10.2. The van der Waals surface area contributed by atoms with E-state index in [1.807, 2.05) is 4.90 Å². The molecule has 96 valence electrons. The zero-order valence-corrected chi connectivity index (χ0v) is 10.2. The maximum absolute atomic E-state index is 11.7. The van der Waals surface area contributed by atoms with Crippen LogP contribution in [0, 0.1) is 0 Å². The lowest BCUT2D eigenvalue weighted by Gasteiger charge is -2.32. The Balaban J connectivity index is 1.92. The SMILES string of the molecule is C=CC(=O)N1C[C@@H](N)C[C@@H]1CN1CCOCC1. The van der Waals surface area contributed by atoms with Crippen molar-refractivity contribution in [3.05, 3.63) is 12.7 Å². The van der Waals surface area contributed by atoms with Crippen molar-refractivity contribution in [2.75, 3.05) is 39.4 Å². The van der Waals surface area contributed by atoms with Gasteiger partial charge < -0.3 is 15.4 Å². The lowest BCUT2D eigenvalue weighted by molar-refractivity contribution is -0.127. The number of likely N-dealkylation sites (tertiary alicyclic amines) is 1. The molecule has 2 rings (SSSR count). The first-order valence-corrected chi connectivity index (χ1v) is 6.19. The third kappa shape index (κ3) is 3.06. The summed E-state index contributed by atoms with van der Waals surface area (Å²) < 4.78 is 5.32. The van der Waals surface area contributed by atoms with Crippen LogP contribution in [0.1, 0.15) is 6.42 Å². The van der Waals surface area contributed by atoms with Gasteiger partial charge in [-0.25, -0.2) is 0 Å². The number of amides is 1. The molecule has 0 aromatic rings. The van der Waals surface area contributed by atoms with Gasteiger partial charge in [-0.15, -0.1) is 0 Å². The van der Waals surface area contributed by atoms with Gasteiger partial charge in [0.1, 0.15) is 0 Å². The molecule has 0 spiro atoms. The molecule has 0 unspecified atom stereocenters. The molecule has 17 heavy (non-hydrogen) atoms. The second kappa shape index (κ2) is 5.62. The van der Waals surface area contributed by atoms with Crippen LogP contribution in [0.15, 0.2) is 12.7 Å². The second-order valence-corrected chi connectivity index (χ2v) is 4.76. The average molecular weight is 239 g/mol. The van der Waals surface area contributed by atoms with E-state index in [-0.39, 0.29) is 18.0 Å². The number of nitrogens with zero attached hydrogens (tertiary/aromatic N) is 2. The Hall–Kier alpha value is -0.910. The van der Waals surface area contributed by atoms with E-state index in [0.29, 0.717) is 6.54 Å². The van der Waals surface area contributed by atoms with Crippen molar-refractivity contribution in [1.82, 2.24) is 9.80 Å². The summed E-state index contributed by atoms with van der Waals surface area (Å²) in [6.07, 6.45) is 2.27. The smallest absolute Gasteiger partial charge is 0.246 e. The molecule has 2 saturated heterocycles. The minimum Gasteiger partial charge on any atom is -0.379 e. The molecule has 2 heterocycles. The molecule has 0 aromatic carbocycles. The van der Waals surface area contributed by atoms with Gasteiger partial charge in [-0.05, 0) is 12.5 Å². The lowest BCUT2D eigenvalue weighted by atomic mass is 10.1. The fourth-order valence-corrected chi connectivity index (χ4v) is 2.60. The Kier molecular flexibility index (Phi) is 4.15. The predicted octanol–water partition coefficient (Wildman–Crippen LogP) is -0.567. The number of hydrogen-bond acceptors (Lipinski definition) is 4. The van der Waals surface area contributed by atoms with Gasteiger partial charge in [0.05, 0.1) is 13.2 Å². The molecule has 2 N–H and O–H groups in total. The van der Waals surface area contributed by atoms with Crippen LogP contribution in [0.25, 0.3) is 0 Å². The van der Waals surface area contributed by atoms with E-state index in [2.05, 4.69) is 11.5 Å². The van der Waals surface area contributed by atoms with Crippen molar-refractivity contribution in [1.29, 1.82) is 0 Å². The van der Waals surface area contributed by atoms with Crippen LogP contribution in [0.3, 0.4) is 0 Å². The first kappa shape index (κ1) is 12.5. The fraction of sp³-hybridized carbons (Fsp3) is 0.750. The molecule has 2 aliphatic heterocycles. The zero-order chi connectivity index (χ0) is 12.3. The lowest BCUT2D eigenvalue weighted by Crippen LogP contribution is -2.46. The van der Waals surface area contributed by atoms with Crippen LogP contribution >= 0.6 is 0 Å². The van der Waals surface area contributed by atoms with Gasteiger partial charge in [-0.3, -0.25) is 9.69 Å². The van der Waals surface area contributed by atoms with Crippen LogP contribution in [0.2, 0.25) is 0 Å². The minimum atomic E-state index is -0.00351. The fourth-order valence-electron chi connectivity index (χ4n) is 2.60. The van der Waals surface area contributed by atoms with E-state index in [1.165, 1.54) is 6.08 Å². The van der Waals surface area contributed by atoms with Gasteiger partial charge in [0.2, 0.25) is 5.91 Å². The Bertz CT molecular complexity index is 289. The van der Waals surface area contributed by atoms with Crippen LogP contribution < -0.4 is 5.73 Å². The van der Waals surface area contributed by atoms with E-state index in [9.17, 15) is 4.79 Å². The third-order valence-corrected chi connectivity index (χ3v) is 3.48. The number of hydrogen-bond donors (Lipinski definition) is 1. The van der Waals surface area contributed by atoms with Crippen LogP contribution in [-0.4, -0.2) is 67.2 Å². The Labute approximate surface area is 102 Å². The Morgan fingerprint density at radius 1 is 1.47 bits per heavy atom. The van der Waals surface area contributed by atoms with Crippen molar-refractivity contribution in [2.24, 2.45) is 5.73 Å². The molecule has 1 amide bonds. The van der Waals surface area contributed by atoms with Gasteiger partial charge in [0.25, 0.3) is 0 Å². The molecule has 0 saturated carbocycles. The maximum atomic E-state index is 11.7. The number of rotatable bonds is 3. The molecular weight excluding hydrogens is 218 g/mol. The largest absolute Gasteiger partial charge is 0.379 e. The van der Waals surface area contributed by atoms with Gasteiger partial charge in [-0.1, -0.05) is 6.58 Å². The molecule has 5 nitrogen and oxygen atoms in total. The average Bonchev–Trinajstić information content (AvgIpc) is 2.70. The molecule has 0 aliphatic carbocycles. The molecule has 2 aliphatic rings. The van der Waals surface area contributed by atoms with Crippen molar-refractivity contribution in [3.63, 3.8) is 0 Å². The molecule has 2 atom stereocenters. The van der Waals surface area contributed by atoms with Gasteiger partial charge in [-0.2, -0.15) is 0 Å². The highest BCUT2D eigenvalue weighted by Gasteiger charge is 2.33. The molecule has 0 bridgehead atoms. The van der Waals surface area contributed by atoms with Crippen molar-refractivity contribution < 1.29 is 9.53 Å². The summed E-state index contributed by atoms with van der Waals surface area (Å²) in [6, 6.07) is 0.332. The third-order valence-electron chi connectivity index (χ3n) is 3.48. The quantitative estimate of drug-likeness (QED) is 0.670. The van der Waals surface area contributed by atoms with E-state index < -0.39 is 0 Å². The summed E-state index contributed by atoms with van der Waals surface area (Å²) in [4.78, 5) is 15.9. The number of carbonyl (C=O) groups excluding carboxylic acids is 1. The second-order valence-electron chi connectivity index (χ2n) is 4.76. The maximum Gasteiger partial charge on any atom is 0.246 e. The summed E-state index contributed by atoms with van der Waals surface area (Å²) in [5.41, 5.74) is 5.94. The minimum absolute atomic E-state index is 0.00351. The number of carbonyl (C=O) groups is 1. The summed E-state index contributed by atoms with van der Waals surface area (Å²) in [6.45, 7) is 8.56. The topological polar surface area (TPSA) is 58.8 Å². The van der Waals surface area contributed by atoms with E-state index in [0.717, 1.165) is 39.3 Å². The van der Waals surface area contributed by atoms with Crippen molar-refractivity contribution >= 4 is 5.91 Å². The molecule has 0 radical (unpaired) electrons. The molecule has 0 aromatic heterocycles. The summed E-state index contributed by atoms with van der Waals surface area (Å²) >= 11 is 0. The van der Waals surface area contributed by atoms with E-state index >= 15 is 0 Å². The van der Waals surface area contributed by atoms with Crippen LogP contribution in [0.4, 0.5) is 0 Å². The standard InChI is InChI=1S/C12H21N3O2/c1-2-12(16)15-8-10(13)7-11(15)9-14-3-5-17-6-4-14/h2,10-11H,1,3-9,13H2/t10-,11+/m0/s1. The Morgan fingerprint density at radius 3 is 2.82 bits per heavy atom. The van der Waals surface area contributed by atoms with E-state index in [1.54, 1.807) is 0 Å². The monoisotopic (exact) mass is 239 g/mol. The normalized spacial score (nSPS) is 30.5. The molecule has 5 heteroatoms. The number of morpholine rings is 1. The van der Waals surface area contributed by atoms with Gasteiger partial charge >= 0.3 is 0 Å². The summed E-state index contributed by atoms with van der Waals surface area (Å²) in [7, 11) is 0. The van der Waals surface area contributed by atoms with Crippen LogP contribution in [-0.2, 0) is 9.53 Å². The first-order valence-electron chi connectivity index (χ1n) is 6.19. The Morgan fingerprint density at radius 2 is 2.18 bits per heavy atom. The first-order chi connectivity index (χ1) is 8.20. The highest BCUT2D eigenvalue weighted by atomic mass is 16.5. The number of nitrogens with two attached hydrogens (primary N) is 1.